The summed E-state index contributed by atoms with van der Waals surface area (Å²) < 4.78 is 16.2. The molecule has 0 atom stereocenters. The molecular formula is C23H26ClN5O4. The van der Waals surface area contributed by atoms with Crippen LogP contribution in [0.15, 0.2) is 30.3 Å². The number of morpholine rings is 1. The molecule has 3 aromatic rings. The minimum absolute atomic E-state index is 0.0332. The molecule has 2 aliphatic heterocycles. The average molecular weight is 472 g/mol. The van der Waals surface area contributed by atoms with E-state index in [0.29, 0.717) is 48.3 Å². The Bertz CT molecular complexity index is 1120. The van der Waals surface area contributed by atoms with E-state index in [1.54, 1.807) is 4.90 Å². The van der Waals surface area contributed by atoms with Crippen LogP contribution in [0, 0.1) is 0 Å². The second-order valence-corrected chi connectivity index (χ2v) is 8.56. The average Bonchev–Trinajstić information content (AvgIpc) is 3.25. The van der Waals surface area contributed by atoms with Crippen LogP contribution in [-0.4, -0.2) is 78.6 Å². The van der Waals surface area contributed by atoms with Crippen LogP contribution in [-0.2, 0) is 9.47 Å². The molecule has 33 heavy (non-hydrogen) atoms. The number of carbonyl (C=O) groups is 1. The second-order valence-electron chi connectivity index (χ2n) is 8.15. The largest absolute Gasteiger partial charge is 0.461 e. The number of hydrogen-bond donors (Lipinski definition) is 1. The lowest BCUT2D eigenvalue weighted by Crippen LogP contribution is -2.41. The molecule has 9 nitrogen and oxygen atoms in total. The van der Waals surface area contributed by atoms with Gasteiger partial charge in [-0.2, -0.15) is 4.98 Å². The first-order valence-corrected chi connectivity index (χ1v) is 11.5. The van der Waals surface area contributed by atoms with Crippen LogP contribution < -0.4 is 9.64 Å². The fourth-order valence-electron chi connectivity index (χ4n) is 4.25. The summed E-state index contributed by atoms with van der Waals surface area (Å²) in [5, 5.41) is 0.545. The third-order valence-corrected chi connectivity index (χ3v) is 6.36. The van der Waals surface area contributed by atoms with E-state index < -0.39 is 0 Å². The lowest BCUT2D eigenvalue weighted by Gasteiger charge is -2.30. The molecule has 1 amide bonds. The Balaban J connectivity index is 1.30. The van der Waals surface area contributed by atoms with Crippen LogP contribution in [0.25, 0.3) is 22.4 Å². The summed E-state index contributed by atoms with van der Waals surface area (Å²) in [5.41, 5.74) is 4.04. The quantitative estimate of drug-likeness (QED) is 0.619. The van der Waals surface area contributed by atoms with Crippen molar-refractivity contribution in [2.45, 2.75) is 18.9 Å². The van der Waals surface area contributed by atoms with E-state index in [-0.39, 0.29) is 12.2 Å². The summed E-state index contributed by atoms with van der Waals surface area (Å²) in [5.74, 6) is 0. The molecule has 2 fully saturated rings. The SMILES string of the molecule is COC(=O)N1CCC(Oc2nc3nc(-c4ccc(N5CCOCC5)cc4)c(Cl)cc3[nH]2)CC1. The van der Waals surface area contributed by atoms with Crippen molar-refractivity contribution in [1.82, 2.24) is 19.9 Å². The molecule has 10 heteroatoms. The number of likely N-dealkylation sites (tertiary alicyclic amines) is 1. The van der Waals surface area contributed by atoms with Crippen LogP contribution in [0.1, 0.15) is 12.8 Å². The van der Waals surface area contributed by atoms with Gasteiger partial charge in [0.05, 0.1) is 36.6 Å². The van der Waals surface area contributed by atoms with Gasteiger partial charge in [-0.25, -0.2) is 9.78 Å². The molecule has 2 aromatic heterocycles. The number of amides is 1. The summed E-state index contributed by atoms with van der Waals surface area (Å²) in [6.07, 6.45) is 1.08. The summed E-state index contributed by atoms with van der Waals surface area (Å²) in [7, 11) is 1.39. The first-order valence-electron chi connectivity index (χ1n) is 11.1. The minimum atomic E-state index is -0.304. The van der Waals surface area contributed by atoms with Crippen molar-refractivity contribution < 1.29 is 19.0 Å². The topological polar surface area (TPSA) is 92.8 Å². The van der Waals surface area contributed by atoms with Crippen LogP contribution in [0.2, 0.25) is 5.02 Å². The molecule has 0 unspecified atom stereocenters. The molecule has 0 spiro atoms. The van der Waals surface area contributed by atoms with E-state index in [2.05, 4.69) is 32.0 Å². The lowest BCUT2D eigenvalue weighted by atomic mass is 10.1. The summed E-state index contributed by atoms with van der Waals surface area (Å²) in [6.45, 7) is 4.46. The van der Waals surface area contributed by atoms with Gasteiger partial charge < -0.3 is 29.0 Å². The maximum absolute atomic E-state index is 11.6. The number of piperidine rings is 1. The van der Waals surface area contributed by atoms with Crippen LogP contribution in [0.4, 0.5) is 10.5 Å². The third kappa shape index (κ3) is 4.69. The van der Waals surface area contributed by atoms with Gasteiger partial charge in [-0.15, -0.1) is 0 Å². The first-order chi connectivity index (χ1) is 16.1. The Morgan fingerprint density at radius 3 is 2.55 bits per heavy atom. The van der Waals surface area contributed by atoms with Crippen LogP contribution >= 0.6 is 11.6 Å². The number of imidazole rings is 1. The van der Waals surface area contributed by atoms with Crippen molar-refractivity contribution >= 4 is 34.5 Å². The fraction of sp³-hybridized carbons (Fsp3) is 0.435. The second kappa shape index (κ2) is 9.44. The molecule has 5 rings (SSSR count). The maximum Gasteiger partial charge on any atom is 0.409 e. The number of nitrogens with one attached hydrogen (secondary N) is 1. The van der Waals surface area contributed by atoms with E-state index in [1.807, 2.05) is 18.2 Å². The van der Waals surface area contributed by atoms with E-state index >= 15 is 0 Å². The van der Waals surface area contributed by atoms with Gasteiger partial charge in [-0.3, -0.25) is 0 Å². The highest BCUT2D eigenvalue weighted by atomic mass is 35.5. The third-order valence-electron chi connectivity index (χ3n) is 6.08. The zero-order chi connectivity index (χ0) is 22.8. The molecule has 0 radical (unpaired) electrons. The number of aromatic nitrogens is 3. The number of H-pyrrole nitrogens is 1. The number of fused-ring (bicyclic) bond motifs is 1. The van der Waals surface area contributed by atoms with Crippen molar-refractivity contribution in [3.05, 3.63) is 35.4 Å². The van der Waals surface area contributed by atoms with Gasteiger partial charge in [0.2, 0.25) is 0 Å². The number of rotatable bonds is 4. The molecule has 1 aromatic carbocycles. The first kappa shape index (κ1) is 21.8. The van der Waals surface area contributed by atoms with Crippen molar-refractivity contribution in [2.75, 3.05) is 51.4 Å². The van der Waals surface area contributed by atoms with Gasteiger partial charge in [-0.1, -0.05) is 23.7 Å². The Hall–Kier alpha value is -3.04. The van der Waals surface area contributed by atoms with Gasteiger partial charge in [0.25, 0.3) is 6.01 Å². The molecule has 2 saturated heterocycles. The number of hydrogen-bond acceptors (Lipinski definition) is 7. The van der Waals surface area contributed by atoms with Gasteiger partial charge in [-0.05, 0) is 18.2 Å². The summed E-state index contributed by atoms with van der Waals surface area (Å²) in [4.78, 5) is 28.0. The molecular weight excluding hydrogens is 446 g/mol. The smallest absolute Gasteiger partial charge is 0.409 e. The zero-order valence-electron chi connectivity index (χ0n) is 18.4. The monoisotopic (exact) mass is 471 g/mol. The number of ether oxygens (including phenoxy) is 3. The Labute approximate surface area is 196 Å². The normalized spacial score (nSPS) is 17.4. The highest BCUT2D eigenvalue weighted by molar-refractivity contribution is 6.33. The molecule has 0 aliphatic carbocycles. The maximum atomic E-state index is 11.6. The standard InChI is InChI=1S/C23H26ClN5O4/c1-31-23(30)29-8-6-17(7-9-29)33-22-25-19-14-18(24)20(26-21(19)27-22)15-2-4-16(5-3-15)28-10-12-32-13-11-28/h2-5,14,17H,6-13H2,1H3,(H,25,26,27). The van der Waals surface area contributed by atoms with Crippen molar-refractivity contribution in [3.8, 4) is 17.3 Å². The highest BCUT2D eigenvalue weighted by Gasteiger charge is 2.25. The van der Waals surface area contributed by atoms with Gasteiger partial charge in [0, 0.05) is 50.3 Å². The zero-order valence-corrected chi connectivity index (χ0v) is 19.2. The number of nitrogens with zero attached hydrogens (tertiary/aromatic N) is 4. The molecule has 2 aliphatic rings. The molecule has 174 valence electrons. The number of anilines is 1. The number of carbonyl (C=O) groups excluding carboxylic acids is 1. The van der Waals surface area contributed by atoms with Crippen molar-refractivity contribution in [2.24, 2.45) is 0 Å². The number of pyridine rings is 1. The number of aromatic amines is 1. The van der Waals surface area contributed by atoms with Gasteiger partial charge >= 0.3 is 6.09 Å². The van der Waals surface area contributed by atoms with Crippen LogP contribution in [0.5, 0.6) is 6.01 Å². The Morgan fingerprint density at radius 2 is 1.85 bits per heavy atom. The molecule has 4 heterocycles. The van der Waals surface area contributed by atoms with E-state index in [9.17, 15) is 4.79 Å². The molecule has 0 saturated carbocycles. The predicted octanol–water partition coefficient (Wildman–Crippen LogP) is 3.72. The molecule has 1 N–H and O–H groups in total. The minimum Gasteiger partial charge on any atom is -0.461 e. The van der Waals surface area contributed by atoms with E-state index in [1.165, 1.54) is 7.11 Å². The van der Waals surface area contributed by atoms with Crippen LogP contribution in [0.3, 0.4) is 0 Å². The summed E-state index contributed by atoms with van der Waals surface area (Å²) in [6, 6.07) is 10.5. The number of halogens is 1. The fourth-order valence-corrected chi connectivity index (χ4v) is 4.51. The molecule has 0 bridgehead atoms. The number of benzene rings is 1. The summed E-state index contributed by atoms with van der Waals surface area (Å²) >= 11 is 6.56. The van der Waals surface area contributed by atoms with Crippen molar-refractivity contribution in [1.29, 1.82) is 0 Å². The lowest BCUT2D eigenvalue weighted by molar-refractivity contribution is 0.0756. The van der Waals surface area contributed by atoms with E-state index in [4.69, 9.17) is 25.8 Å². The Kier molecular flexibility index (Phi) is 6.24. The van der Waals surface area contributed by atoms with Gasteiger partial charge in [0.15, 0.2) is 5.65 Å². The Morgan fingerprint density at radius 1 is 1.12 bits per heavy atom. The predicted molar refractivity (Wildman–Crippen MR) is 125 cm³/mol. The van der Waals surface area contributed by atoms with Crippen molar-refractivity contribution in [3.63, 3.8) is 0 Å². The van der Waals surface area contributed by atoms with E-state index in [0.717, 1.165) is 43.1 Å². The van der Waals surface area contributed by atoms with Gasteiger partial charge in [0.1, 0.15) is 6.10 Å². The number of methoxy groups -OCH3 is 1. The highest BCUT2D eigenvalue weighted by Crippen LogP contribution is 2.31.